The van der Waals surface area contributed by atoms with Gasteiger partial charge in [0.25, 0.3) is 0 Å². The highest BCUT2D eigenvalue weighted by molar-refractivity contribution is 5.80. The fourth-order valence-corrected chi connectivity index (χ4v) is 3.06. The number of likely N-dealkylation sites (tertiary alicyclic amines) is 1. The van der Waals surface area contributed by atoms with Crippen LogP contribution in [0.1, 0.15) is 33.1 Å². The van der Waals surface area contributed by atoms with Gasteiger partial charge in [-0.1, -0.05) is 6.92 Å². The first-order chi connectivity index (χ1) is 9.79. The fourth-order valence-electron chi connectivity index (χ4n) is 3.06. The number of piperidine rings is 1. The summed E-state index contributed by atoms with van der Waals surface area (Å²) in [5.41, 5.74) is -0.402. The molecule has 0 aliphatic carbocycles. The third kappa shape index (κ3) is 3.86. The number of carbonyl (C=O) groups excluding carboxylic acids is 2. The van der Waals surface area contributed by atoms with Crippen molar-refractivity contribution in [1.82, 2.24) is 15.5 Å². The van der Waals surface area contributed by atoms with Gasteiger partial charge in [0.2, 0.25) is 5.91 Å². The van der Waals surface area contributed by atoms with Gasteiger partial charge in [-0.2, -0.15) is 0 Å². The molecule has 3 unspecified atom stereocenters. The van der Waals surface area contributed by atoms with Gasteiger partial charge in [-0.15, -0.1) is 0 Å². The van der Waals surface area contributed by atoms with Crippen LogP contribution in [0.3, 0.4) is 0 Å². The molecule has 3 amide bonds. The van der Waals surface area contributed by atoms with Gasteiger partial charge in [0.15, 0.2) is 0 Å². The molecule has 0 aromatic carbocycles. The number of carbonyl (C=O) groups is 3. The number of amides is 3. The first kappa shape index (κ1) is 15.6. The number of carboxylic acid groups (broad SMARTS) is 1. The zero-order chi connectivity index (χ0) is 15.6. The molecular weight excluding hydrogens is 274 g/mol. The molecule has 3 atom stereocenters. The minimum absolute atomic E-state index is 0.00397. The number of urea groups is 1. The molecule has 21 heavy (non-hydrogen) atoms. The van der Waals surface area contributed by atoms with Gasteiger partial charge in [-0.05, 0) is 25.7 Å². The normalized spacial score (nSPS) is 32.7. The van der Waals surface area contributed by atoms with Crippen LogP contribution in [0.15, 0.2) is 0 Å². The Hall–Kier alpha value is -1.79. The van der Waals surface area contributed by atoms with E-state index >= 15 is 0 Å². The quantitative estimate of drug-likeness (QED) is 0.702. The van der Waals surface area contributed by atoms with Crippen molar-refractivity contribution in [2.45, 2.75) is 38.6 Å². The second kappa shape index (κ2) is 5.91. The number of aliphatic carboxylic acids is 1. The van der Waals surface area contributed by atoms with Crippen molar-refractivity contribution < 1.29 is 19.5 Å². The molecule has 2 aliphatic heterocycles. The predicted molar refractivity (Wildman–Crippen MR) is 75.7 cm³/mol. The second-order valence-corrected chi connectivity index (χ2v) is 6.55. The van der Waals surface area contributed by atoms with E-state index in [9.17, 15) is 14.4 Å². The molecule has 118 valence electrons. The topological polar surface area (TPSA) is 98.7 Å². The van der Waals surface area contributed by atoms with E-state index in [4.69, 9.17) is 5.11 Å². The molecule has 2 fully saturated rings. The molecule has 3 N–H and O–H groups in total. The maximum Gasteiger partial charge on any atom is 0.317 e. The largest absolute Gasteiger partial charge is 0.481 e. The zero-order valence-electron chi connectivity index (χ0n) is 12.5. The SMILES string of the molecule is CC1CC(C(=O)O)CN(C(=O)NCC2(C)CCC(=O)N2)C1. The number of hydrogen-bond acceptors (Lipinski definition) is 3. The summed E-state index contributed by atoms with van der Waals surface area (Å²) >= 11 is 0. The average Bonchev–Trinajstić information content (AvgIpc) is 2.75. The lowest BCUT2D eigenvalue weighted by atomic mass is 9.91. The van der Waals surface area contributed by atoms with Crippen LogP contribution < -0.4 is 10.6 Å². The van der Waals surface area contributed by atoms with Crippen molar-refractivity contribution in [1.29, 1.82) is 0 Å². The second-order valence-electron chi connectivity index (χ2n) is 6.55. The maximum absolute atomic E-state index is 12.2. The number of carboxylic acids is 1. The van der Waals surface area contributed by atoms with E-state index in [1.807, 2.05) is 13.8 Å². The Bertz CT molecular complexity index is 454. The molecule has 7 heteroatoms. The first-order valence-electron chi connectivity index (χ1n) is 7.36. The summed E-state index contributed by atoms with van der Waals surface area (Å²) in [7, 11) is 0. The van der Waals surface area contributed by atoms with Crippen molar-refractivity contribution >= 4 is 17.9 Å². The summed E-state index contributed by atoms with van der Waals surface area (Å²) in [4.78, 5) is 36.1. The molecule has 0 aromatic rings. The number of nitrogens with one attached hydrogen (secondary N) is 2. The van der Waals surface area contributed by atoms with E-state index in [1.165, 1.54) is 0 Å². The van der Waals surface area contributed by atoms with Crippen LogP contribution in [0.2, 0.25) is 0 Å². The van der Waals surface area contributed by atoms with Crippen molar-refractivity contribution in [2.75, 3.05) is 19.6 Å². The smallest absolute Gasteiger partial charge is 0.317 e. The average molecular weight is 297 g/mol. The summed E-state index contributed by atoms with van der Waals surface area (Å²) in [5.74, 6) is -1.17. The third-order valence-electron chi connectivity index (χ3n) is 4.27. The minimum atomic E-state index is -0.852. The summed E-state index contributed by atoms with van der Waals surface area (Å²) in [6.07, 6.45) is 1.78. The standard InChI is InChI=1S/C14H23N3O4/c1-9-5-10(12(19)20)7-17(6-9)13(21)15-8-14(2)4-3-11(18)16-14/h9-10H,3-8H2,1-2H3,(H,15,21)(H,16,18)(H,19,20). The van der Waals surface area contributed by atoms with Crippen LogP contribution in [0, 0.1) is 11.8 Å². The lowest BCUT2D eigenvalue weighted by Gasteiger charge is -2.35. The minimum Gasteiger partial charge on any atom is -0.481 e. The Kier molecular flexibility index (Phi) is 4.39. The third-order valence-corrected chi connectivity index (χ3v) is 4.27. The lowest BCUT2D eigenvalue weighted by Crippen LogP contribution is -2.54. The lowest BCUT2D eigenvalue weighted by molar-refractivity contribution is -0.143. The van der Waals surface area contributed by atoms with Crippen molar-refractivity contribution in [3.63, 3.8) is 0 Å². The van der Waals surface area contributed by atoms with Crippen molar-refractivity contribution in [3.05, 3.63) is 0 Å². The molecular formula is C14H23N3O4. The molecule has 2 heterocycles. The van der Waals surface area contributed by atoms with E-state index in [0.29, 0.717) is 32.4 Å². The first-order valence-corrected chi connectivity index (χ1v) is 7.36. The molecule has 2 aliphatic rings. The van der Waals surface area contributed by atoms with Gasteiger partial charge in [-0.25, -0.2) is 4.79 Å². The fraction of sp³-hybridized carbons (Fsp3) is 0.786. The highest BCUT2D eigenvalue weighted by Gasteiger charge is 2.35. The van der Waals surface area contributed by atoms with E-state index in [1.54, 1.807) is 4.90 Å². The van der Waals surface area contributed by atoms with Crippen LogP contribution in [-0.4, -0.2) is 53.1 Å². The van der Waals surface area contributed by atoms with Crippen LogP contribution in [-0.2, 0) is 9.59 Å². The number of hydrogen-bond donors (Lipinski definition) is 3. The Balaban J connectivity index is 1.88. The van der Waals surface area contributed by atoms with Gasteiger partial charge < -0.3 is 20.6 Å². The molecule has 0 radical (unpaired) electrons. The summed E-state index contributed by atoms with van der Waals surface area (Å²) < 4.78 is 0. The number of rotatable bonds is 3. The predicted octanol–water partition coefficient (Wildman–Crippen LogP) is 0.407. The van der Waals surface area contributed by atoms with Crippen LogP contribution in [0.4, 0.5) is 4.79 Å². The van der Waals surface area contributed by atoms with Crippen molar-refractivity contribution in [2.24, 2.45) is 11.8 Å². The molecule has 2 rings (SSSR count). The monoisotopic (exact) mass is 297 g/mol. The van der Waals surface area contributed by atoms with E-state index in [0.717, 1.165) is 0 Å². The Morgan fingerprint density at radius 3 is 2.76 bits per heavy atom. The highest BCUT2D eigenvalue weighted by Crippen LogP contribution is 2.22. The maximum atomic E-state index is 12.2. The number of nitrogens with zero attached hydrogens (tertiary/aromatic N) is 1. The highest BCUT2D eigenvalue weighted by atomic mass is 16.4. The molecule has 7 nitrogen and oxygen atoms in total. The van der Waals surface area contributed by atoms with Crippen LogP contribution >= 0.6 is 0 Å². The van der Waals surface area contributed by atoms with Gasteiger partial charge in [0.1, 0.15) is 0 Å². The van der Waals surface area contributed by atoms with Gasteiger partial charge in [0, 0.05) is 26.1 Å². The Labute approximate surface area is 124 Å². The van der Waals surface area contributed by atoms with Crippen LogP contribution in [0.25, 0.3) is 0 Å². The van der Waals surface area contributed by atoms with Gasteiger partial charge in [-0.3, -0.25) is 9.59 Å². The van der Waals surface area contributed by atoms with Crippen LogP contribution in [0.5, 0.6) is 0 Å². The van der Waals surface area contributed by atoms with Gasteiger partial charge in [0.05, 0.1) is 11.5 Å². The van der Waals surface area contributed by atoms with E-state index < -0.39 is 17.4 Å². The summed E-state index contributed by atoms with van der Waals surface area (Å²) in [6, 6.07) is -0.254. The Morgan fingerprint density at radius 1 is 1.48 bits per heavy atom. The van der Waals surface area contributed by atoms with E-state index in [-0.39, 0.29) is 24.4 Å². The van der Waals surface area contributed by atoms with Gasteiger partial charge >= 0.3 is 12.0 Å². The molecule has 0 bridgehead atoms. The summed E-state index contributed by atoms with van der Waals surface area (Å²) in [5, 5.41) is 14.8. The molecule has 2 saturated heterocycles. The Morgan fingerprint density at radius 2 is 2.19 bits per heavy atom. The molecule has 0 saturated carbocycles. The molecule has 0 aromatic heterocycles. The van der Waals surface area contributed by atoms with Crippen molar-refractivity contribution in [3.8, 4) is 0 Å². The van der Waals surface area contributed by atoms with E-state index in [2.05, 4.69) is 10.6 Å². The zero-order valence-corrected chi connectivity index (χ0v) is 12.5. The summed E-state index contributed by atoms with van der Waals surface area (Å²) in [6.45, 7) is 5.03. The molecule has 0 spiro atoms.